The lowest BCUT2D eigenvalue weighted by atomic mass is 9.86. The molecule has 2 N–H and O–H groups in total. The highest BCUT2D eigenvalue weighted by molar-refractivity contribution is 7.15. The van der Waals surface area contributed by atoms with Gasteiger partial charge < -0.3 is 10.6 Å². The number of aromatic nitrogens is 2. The fourth-order valence-electron chi connectivity index (χ4n) is 4.02. The molecule has 1 spiro atoms. The number of carbonyl (C=O) groups is 3. The average molecular weight is 429 g/mol. The minimum absolute atomic E-state index is 0.105. The second-order valence-corrected chi connectivity index (χ2v) is 8.83. The summed E-state index contributed by atoms with van der Waals surface area (Å²) in [7, 11) is 0. The molecule has 0 aromatic carbocycles. The highest BCUT2D eigenvalue weighted by Gasteiger charge is 2.53. The van der Waals surface area contributed by atoms with Crippen LogP contribution in [0.2, 0.25) is 0 Å². The Morgan fingerprint density at radius 1 is 1.30 bits per heavy atom. The van der Waals surface area contributed by atoms with E-state index in [0.29, 0.717) is 36.8 Å². The molecule has 0 bridgehead atoms. The van der Waals surface area contributed by atoms with Crippen molar-refractivity contribution in [2.24, 2.45) is 0 Å². The van der Waals surface area contributed by atoms with E-state index in [-0.39, 0.29) is 23.9 Å². The number of nitrogens with one attached hydrogen (secondary N) is 2. The largest absolute Gasteiger partial charge is 0.329 e. The van der Waals surface area contributed by atoms with Crippen LogP contribution in [0.25, 0.3) is 0 Å². The van der Waals surface area contributed by atoms with Gasteiger partial charge in [0.25, 0.3) is 5.91 Å². The molecule has 2 saturated heterocycles. The van der Waals surface area contributed by atoms with E-state index in [2.05, 4.69) is 32.4 Å². The molecule has 0 radical (unpaired) electrons. The third-order valence-corrected chi connectivity index (χ3v) is 6.80. The van der Waals surface area contributed by atoms with E-state index in [1.165, 1.54) is 23.2 Å². The molecule has 0 aliphatic carbocycles. The first-order valence-corrected chi connectivity index (χ1v) is 10.7. The molecule has 2 aromatic rings. The van der Waals surface area contributed by atoms with Crippen molar-refractivity contribution in [1.82, 2.24) is 20.2 Å². The number of imide groups is 1. The first kappa shape index (κ1) is 20.4. The van der Waals surface area contributed by atoms with Gasteiger partial charge >= 0.3 is 6.03 Å². The lowest BCUT2D eigenvalue weighted by Crippen LogP contribution is -2.55. The van der Waals surface area contributed by atoms with Crippen LogP contribution < -0.4 is 15.5 Å². The van der Waals surface area contributed by atoms with Gasteiger partial charge in [-0.15, -0.1) is 11.3 Å². The summed E-state index contributed by atoms with van der Waals surface area (Å²) in [5.74, 6) is -0.343. The number of aryl methyl sites for hydroxylation is 1. The third kappa shape index (κ3) is 3.68. The molecule has 2 fully saturated rings. The van der Waals surface area contributed by atoms with Gasteiger partial charge in [-0.2, -0.15) is 0 Å². The molecular formula is C20H24N6O3S. The molecule has 0 unspecified atom stereocenters. The number of likely N-dealkylation sites (tertiary alicyclic amines) is 1. The van der Waals surface area contributed by atoms with E-state index in [1.807, 2.05) is 6.92 Å². The van der Waals surface area contributed by atoms with Crippen LogP contribution in [0.3, 0.4) is 0 Å². The summed E-state index contributed by atoms with van der Waals surface area (Å²) in [6.07, 6.45) is 4.46. The Hall–Kier alpha value is -2.85. The molecule has 2 aromatic heterocycles. The first-order valence-electron chi connectivity index (χ1n) is 9.86. The van der Waals surface area contributed by atoms with E-state index in [9.17, 15) is 14.4 Å². The molecule has 4 rings (SSSR count). The second-order valence-electron chi connectivity index (χ2n) is 7.77. The normalized spacial score (nSPS) is 19.8. The van der Waals surface area contributed by atoms with E-state index in [0.717, 1.165) is 10.6 Å². The Kier molecular flexibility index (Phi) is 5.29. The maximum Gasteiger partial charge on any atom is 0.329 e. The summed E-state index contributed by atoms with van der Waals surface area (Å²) in [6, 6.07) is 3.14. The Morgan fingerprint density at radius 2 is 2.03 bits per heavy atom. The maximum atomic E-state index is 13.2. The molecule has 1 atom stereocenters. The second kappa shape index (κ2) is 7.77. The van der Waals surface area contributed by atoms with Gasteiger partial charge in [0.2, 0.25) is 5.91 Å². The highest BCUT2D eigenvalue weighted by Crippen LogP contribution is 2.36. The van der Waals surface area contributed by atoms with Crippen LogP contribution in [-0.4, -0.2) is 51.3 Å². The van der Waals surface area contributed by atoms with Gasteiger partial charge in [0.1, 0.15) is 5.54 Å². The fraction of sp³-hybridized carbons (Fsp3) is 0.450. The number of piperidine rings is 1. The van der Waals surface area contributed by atoms with Crippen LogP contribution in [0, 0.1) is 6.92 Å². The standard InChI is InChI=1S/C20H24N6O3S/c1-12-10-15(4-7-21-12)26-17(28)20(24-19(26)29)5-8-25(9-6-20)13(2)16-11-22-18(30-16)23-14(3)27/h4,7,10-11,13H,5-6,8-9H2,1-3H3,(H,24,29)(H,22,23,27)/t13-/m0/s1. The lowest BCUT2D eigenvalue weighted by molar-refractivity contribution is -0.124. The van der Waals surface area contributed by atoms with Crippen molar-refractivity contribution in [2.75, 3.05) is 23.3 Å². The fourth-order valence-corrected chi connectivity index (χ4v) is 4.97. The number of anilines is 2. The number of nitrogens with zero attached hydrogens (tertiary/aromatic N) is 4. The number of hydrogen-bond donors (Lipinski definition) is 2. The van der Waals surface area contributed by atoms with Gasteiger partial charge in [-0.1, -0.05) is 0 Å². The molecule has 30 heavy (non-hydrogen) atoms. The predicted molar refractivity (Wildman–Crippen MR) is 113 cm³/mol. The summed E-state index contributed by atoms with van der Waals surface area (Å²) in [5.41, 5.74) is 0.438. The number of carbonyl (C=O) groups excluding carboxylic acids is 3. The van der Waals surface area contributed by atoms with E-state index in [4.69, 9.17) is 0 Å². The Balaban J connectivity index is 1.44. The SMILES string of the molecule is CC(=O)Nc1ncc([C@H](C)N2CCC3(CC2)NC(=O)N(c2ccnc(C)c2)C3=O)s1. The third-order valence-electron chi connectivity index (χ3n) is 5.72. The van der Waals surface area contributed by atoms with Crippen molar-refractivity contribution in [3.8, 4) is 0 Å². The van der Waals surface area contributed by atoms with Crippen molar-refractivity contribution in [3.05, 3.63) is 35.1 Å². The van der Waals surface area contributed by atoms with Gasteiger partial charge in [-0.3, -0.25) is 19.5 Å². The van der Waals surface area contributed by atoms with Crippen molar-refractivity contribution >= 4 is 40.0 Å². The molecule has 2 aliphatic heterocycles. The minimum Gasteiger partial charge on any atom is -0.323 e. The van der Waals surface area contributed by atoms with Crippen LogP contribution in [0.4, 0.5) is 15.6 Å². The topological polar surface area (TPSA) is 108 Å². The highest BCUT2D eigenvalue weighted by atomic mass is 32.1. The van der Waals surface area contributed by atoms with Crippen molar-refractivity contribution < 1.29 is 14.4 Å². The summed E-state index contributed by atoms with van der Waals surface area (Å²) in [6.45, 7) is 6.71. The van der Waals surface area contributed by atoms with Crippen LogP contribution in [0.15, 0.2) is 24.5 Å². The number of urea groups is 1. The minimum atomic E-state index is -0.862. The van der Waals surface area contributed by atoms with E-state index >= 15 is 0 Å². The zero-order valence-corrected chi connectivity index (χ0v) is 18.0. The van der Waals surface area contributed by atoms with Crippen molar-refractivity contribution in [1.29, 1.82) is 0 Å². The quantitative estimate of drug-likeness (QED) is 0.725. The number of thiazole rings is 1. The number of pyridine rings is 1. The molecular weight excluding hydrogens is 404 g/mol. The Morgan fingerprint density at radius 3 is 2.70 bits per heavy atom. The molecule has 2 aliphatic rings. The van der Waals surface area contributed by atoms with E-state index in [1.54, 1.807) is 24.5 Å². The summed E-state index contributed by atoms with van der Waals surface area (Å²) < 4.78 is 0. The Bertz CT molecular complexity index is 998. The maximum absolute atomic E-state index is 13.2. The zero-order chi connectivity index (χ0) is 21.5. The molecule has 4 amide bonds. The van der Waals surface area contributed by atoms with Gasteiger partial charge in [-0.05, 0) is 38.8 Å². The molecule has 10 heteroatoms. The Labute approximate surface area is 178 Å². The molecule has 4 heterocycles. The monoisotopic (exact) mass is 428 g/mol. The van der Waals surface area contributed by atoms with Crippen LogP contribution in [0.1, 0.15) is 43.3 Å². The smallest absolute Gasteiger partial charge is 0.323 e. The lowest BCUT2D eigenvalue weighted by Gasteiger charge is -2.39. The molecule has 9 nitrogen and oxygen atoms in total. The zero-order valence-electron chi connectivity index (χ0n) is 17.1. The number of rotatable bonds is 4. The summed E-state index contributed by atoms with van der Waals surface area (Å²) in [4.78, 5) is 50.0. The van der Waals surface area contributed by atoms with Gasteiger partial charge in [-0.25, -0.2) is 14.7 Å². The molecule has 158 valence electrons. The van der Waals surface area contributed by atoms with Gasteiger partial charge in [0.05, 0.1) is 5.69 Å². The predicted octanol–water partition coefficient (Wildman–Crippen LogP) is 2.46. The van der Waals surface area contributed by atoms with Crippen LogP contribution in [0.5, 0.6) is 0 Å². The van der Waals surface area contributed by atoms with Crippen molar-refractivity contribution in [3.63, 3.8) is 0 Å². The van der Waals surface area contributed by atoms with Crippen LogP contribution in [-0.2, 0) is 9.59 Å². The summed E-state index contributed by atoms with van der Waals surface area (Å²) >= 11 is 1.45. The van der Waals surface area contributed by atoms with Gasteiger partial charge in [0.15, 0.2) is 5.13 Å². The summed E-state index contributed by atoms with van der Waals surface area (Å²) in [5, 5.41) is 6.23. The number of amides is 4. The van der Waals surface area contributed by atoms with E-state index < -0.39 is 5.54 Å². The van der Waals surface area contributed by atoms with Crippen LogP contribution >= 0.6 is 11.3 Å². The average Bonchev–Trinajstić information content (AvgIpc) is 3.24. The number of hydrogen-bond acceptors (Lipinski definition) is 7. The molecule has 0 saturated carbocycles. The van der Waals surface area contributed by atoms with Crippen molar-refractivity contribution in [2.45, 2.75) is 45.2 Å². The first-order chi connectivity index (χ1) is 14.3. The van der Waals surface area contributed by atoms with Gasteiger partial charge in [0, 0.05) is 49.0 Å².